The highest BCUT2D eigenvalue weighted by atomic mass is 16.8. The van der Waals surface area contributed by atoms with Crippen LogP contribution in [0.2, 0.25) is 0 Å². The van der Waals surface area contributed by atoms with Crippen molar-refractivity contribution < 1.29 is 38.4 Å². The number of carbonyl (C=O) groups is 3. The maximum absolute atomic E-state index is 11.4. The van der Waals surface area contributed by atoms with Gasteiger partial charge >= 0.3 is 17.9 Å². The molecule has 1 N–H and O–H groups in total. The summed E-state index contributed by atoms with van der Waals surface area (Å²) in [5.74, 6) is -5.20. The van der Waals surface area contributed by atoms with Crippen molar-refractivity contribution in [3.63, 3.8) is 0 Å². The number of carboxylic acids is 1. The van der Waals surface area contributed by atoms with Gasteiger partial charge in [-0.3, -0.25) is 0 Å². The maximum Gasteiger partial charge on any atom is 0.418 e. The second kappa shape index (κ2) is 5.32. The number of esters is 2. The second-order valence-corrected chi connectivity index (χ2v) is 4.02. The van der Waals surface area contributed by atoms with E-state index in [1.165, 1.54) is 0 Å². The molecule has 0 aliphatic carbocycles. The second-order valence-electron chi connectivity index (χ2n) is 4.02. The van der Waals surface area contributed by atoms with Crippen molar-refractivity contribution in [3.05, 3.63) is 0 Å². The van der Waals surface area contributed by atoms with Crippen molar-refractivity contribution in [1.82, 2.24) is 0 Å². The first-order valence-corrected chi connectivity index (χ1v) is 5.10. The van der Waals surface area contributed by atoms with Crippen LogP contribution in [-0.4, -0.2) is 54.7 Å². The largest absolute Gasteiger partial charge is 0.473 e. The molecule has 0 saturated carbocycles. The highest BCUT2D eigenvalue weighted by molar-refractivity contribution is 6.29. The Morgan fingerprint density at radius 2 is 2.00 bits per heavy atom. The predicted octanol–water partition coefficient (Wildman–Crippen LogP) is -0.693. The zero-order chi connectivity index (χ0) is 13.9. The van der Waals surface area contributed by atoms with Gasteiger partial charge in [0.2, 0.25) is 6.10 Å². The van der Waals surface area contributed by atoms with Gasteiger partial charge < -0.3 is 24.1 Å². The average Bonchev–Trinajstić information content (AvgIpc) is 2.64. The molecule has 1 heterocycles. The van der Waals surface area contributed by atoms with Gasteiger partial charge in [-0.2, -0.15) is 0 Å². The monoisotopic (exact) mass is 262 g/mol. The van der Waals surface area contributed by atoms with Crippen LogP contribution >= 0.6 is 0 Å². The zero-order valence-corrected chi connectivity index (χ0v) is 10.2. The lowest BCUT2D eigenvalue weighted by atomic mass is 10.2. The lowest BCUT2D eigenvalue weighted by Gasteiger charge is -2.21. The SMILES string of the molecule is COC(=O)C(OC(=O)C(=O)O)C1COC(C)(C)O1. The molecule has 8 nitrogen and oxygen atoms in total. The summed E-state index contributed by atoms with van der Waals surface area (Å²) in [7, 11) is 1.09. The van der Waals surface area contributed by atoms with Gasteiger partial charge in [-0.05, 0) is 13.8 Å². The van der Waals surface area contributed by atoms with Gasteiger partial charge in [-0.15, -0.1) is 0 Å². The molecule has 0 spiro atoms. The Morgan fingerprint density at radius 3 is 2.39 bits per heavy atom. The van der Waals surface area contributed by atoms with Crippen molar-refractivity contribution in [3.8, 4) is 0 Å². The van der Waals surface area contributed by atoms with E-state index in [1.807, 2.05) is 0 Å². The van der Waals surface area contributed by atoms with E-state index in [1.54, 1.807) is 13.8 Å². The highest BCUT2D eigenvalue weighted by Crippen LogP contribution is 2.25. The topological polar surface area (TPSA) is 108 Å². The standard InChI is InChI=1S/C10H14O8/c1-10(2)16-4-5(18-10)6(8(13)15-3)17-9(14)7(11)12/h5-6H,4H2,1-3H3,(H,11,12). The summed E-state index contributed by atoms with van der Waals surface area (Å²) in [4.78, 5) is 32.8. The van der Waals surface area contributed by atoms with E-state index in [0.717, 1.165) is 7.11 Å². The van der Waals surface area contributed by atoms with Gasteiger partial charge in [-0.1, -0.05) is 0 Å². The molecule has 18 heavy (non-hydrogen) atoms. The van der Waals surface area contributed by atoms with Crippen molar-refractivity contribution in [1.29, 1.82) is 0 Å². The molecule has 2 unspecified atom stereocenters. The van der Waals surface area contributed by atoms with Gasteiger partial charge in [0, 0.05) is 0 Å². The first-order chi connectivity index (χ1) is 8.26. The fourth-order valence-corrected chi connectivity index (χ4v) is 1.42. The molecule has 0 aromatic carbocycles. The van der Waals surface area contributed by atoms with E-state index >= 15 is 0 Å². The normalized spacial score (nSPS) is 23.2. The molecular weight excluding hydrogens is 248 g/mol. The number of carboxylic acid groups (broad SMARTS) is 1. The maximum atomic E-state index is 11.4. The third kappa shape index (κ3) is 3.41. The van der Waals surface area contributed by atoms with E-state index in [4.69, 9.17) is 14.6 Å². The summed E-state index contributed by atoms with van der Waals surface area (Å²) in [6.45, 7) is 3.21. The van der Waals surface area contributed by atoms with Crippen LogP contribution in [0.5, 0.6) is 0 Å². The zero-order valence-electron chi connectivity index (χ0n) is 10.2. The van der Waals surface area contributed by atoms with Crippen molar-refractivity contribution in [2.45, 2.75) is 31.8 Å². The number of methoxy groups -OCH3 is 1. The molecule has 0 radical (unpaired) electrons. The summed E-state index contributed by atoms with van der Waals surface area (Å²) in [6, 6.07) is 0. The van der Waals surface area contributed by atoms with E-state index in [9.17, 15) is 14.4 Å². The summed E-state index contributed by atoms with van der Waals surface area (Å²) < 4.78 is 19.5. The molecule has 1 fully saturated rings. The van der Waals surface area contributed by atoms with E-state index in [2.05, 4.69) is 9.47 Å². The van der Waals surface area contributed by atoms with Crippen LogP contribution in [0.3, 0.4) is 0 Å². The molecule has 102 valence electrons. The van der Waals surface area contributed by atoms with E-state index in [-0.39, 0.29) is 6.61 Å². The summed E-state index contributed by atoms with van der Waals surface area (Å²) in [5, 5.41) is 8.43. The molecule has 8 heteroatoms. The fraction of sp³-hybridized carbons (Fsp3) is 0.700. The molecule has 0 amide bonds. The van der Waals surface area contributed by atoms with Crippen LogP contribution in [-0.2, 0) is 33.3 Å². The minimum Gasteiger partial charge on any atom is -0.473 e. The van der Waals surface area contributed by atoms with Gasteiger partial charge in [0.1, 0.15) is 6.10 Å². The average molecular weight is 262 g/mol. The Balaban J connectivity index is 2.77. The third-order valence-electron chi connectivity index (χ3n) is 2.21. The first kappa shape index (κ1) is 14.4. The summed E-state index contributed by atoms with van der Waals surface area (Å²) in [6.07, 6.45) is -2.38. The van der Waals surface area contributed by atoms with Crippen LogP contribution in [0.25, 0.3) is 0 Å². The minimum absolute atomic E-state index is 0.0142. The Labute approximate surface area is 103 Å². The molecule has 1 aliphatic heterocycles. The van der Waals surface area contributed by atoms with Gasteiger partial charge in [-0.25, -0.2) is 14.4 Å². The van der Waals surface area contributed by atoms with Crippen LogP contribution < -0.4 is 0 Å². The number of rotatable bonds is 3. The Morgan fingerprint density at radius 1 is 1.39 bits per heavy atom. The minimum atomic E-state index is -1.80. The molecule has 0 bridgehead atoms. The molecular formula is C10H14O8. The van der Waals surface area contributed by atoms with Crippen molar-refractivity contribution in [2.75, 3.05) is 13.7 Å². The quantitative estimate of drug-likeness (QED) is 0.525. The molecule has 2 atom stereocenters. The Kier molecular flexibility index (Phi) is 4.25. The fourth-order valence-electron chi connectivity index (χ4n) is 1.42. The van der Waals surface area contributed by atoms with Crippen LogP contribution in [0.15, 0.2) is 0 Å². The van der Waals surface area contributed by atoms with E-state index in [0.29, 0.717) is 0 Å². The third-order valence-corrected chi connectivity index (χ3v) is 2.21. The van der Waals surface area contributed by atoms with Crippen LogP contribution in [0, 0.1) is 0 Å². The molecule has 0 aromatic rings. The smallest absolute Gasteiger partial charge is 0.418 e. The Bertz CT molecular complexity index is 361. The molecule has 1 aliphatic rings. The number of hydrogen-bond donors (Lipinski definition) is 1. The number of ether oxygens (including phenoxy) is 4. The lowest BCUT2D eigenvalue weighted by Crippen LogP contribution is -2.42. The molecule has 1 rings (SSSR count). The lowest BCUT2D eigenvalue weighted by molar-refractivity contribution is -0.188. The number of aliphatic carboxylic acids is 1. The summed E-state index contributed by atoms with van der Waals surface area (Å²) >= 11 is 0. The van der Waals surface area contributed by atoms with Crippen molar-refractivity contribution in [2.24, 2.45) is 0 Å². The van der Waals surface area contributed by atoms with Gasteiger partial charge in [0.05, 0.1) is 13.7 Å². The van der Waals surface area contributed by atoms with E-state index < -0.39 is 35.9 Å². The number of hydrogen-bond acceptors (Lipinski definition) is 7. The molecule has 0 aromatic heterocycles. The van der Waals surface area contributed by atoms with Crippen LogP contribution in [0.4, 0.5) is 0 Å². The molecule has 1 saturated heterocycles. The van der Waals surface area contributed by atoms with Crippen LogP contribution in [0.1, 0.15) is 13.8 Å². The Hall–Kier alpha value is -1.67. The van der Waals surface area contributed by atoms with Gasteiger partial charge in [0.25, 0.3) is 0 Å². The van der Waals surface area contributed by atoms with Gasteiger partial charge in [0.15, 0.2) is 5.79 Å². The highest BCUT2D eigenvalue weighted by Gasteiger charge is 2.44. The number of carbonyl (C=O) groups excluding carboxylic acids is 2. The first-order valence-electron chi connectivity index (χ1n) is 5.10. The van der Waals surface area contributed by atoms with Crippen molar-refractivity contribution >= 4 is 17.9 Å². The predicted molar refractivity (Wildman–Crippen MR) is 54.4 cm³/mol. The summed E-state index contributed by atoms with van der Waals surface area (Å²) in [5.41, 5.74) is 0.